The van der Waals surface area contributed by atoms with Gasteiger partial charge in [0, 0.05) is 6.04 Å². The monoisotopic (exact) mass is 353 g/mol. The lowest BCUT2D eigenvalue weighted by Gasteiger charge is -2.39. The van der Waals surface area contributed by atoms with Crippen LogP contribution in [0.1, 0.15) is 52.9 Å². The molecule has 1 saturated carbocycles. The summed E-state index contributed by atoms with van der Waals surface area (Å²) >= 11 is 0. The molecule has 0 aliphatic heterocycles. The number of fused-ring (bicyclic) bond motifs is 1. The summed E-state index contributed by atoms with van der Waals surface area (Å²) in [4.78, 5) is 12.2. The van der Waals surface area contributed by atoms with Gasteiger partial charge in [-0.2, -0.15) is 0 Å². The summed E-state index contributed by atoms with van der Waals surface area (Å²) in [6.45, 7) is 7.10. The van der Waals surface area contributed by atoms with E-state index in [4.69, 9.17) is 4.74 Å². The van der Waals surface area contributed by atoms with Crippen molar-refractivity contribution in [3.8, 4) is 5.75 Å². The molecule has 0 atom stereocenters. The van der Waals surface area contributed by atoms with Crippen molar-refractivity contribution in [1.29, 1.82) is 0 Å². The van der Waals surface area contributed by atoms with Crippen molar-refractivity contribution in [2.24, 2.45) is 11.3 Å². The van der Waals surface area contributed by atoms with E-state index in [0.717, 1.165) is 29.9 Å². The Morgan fingerprint density at radius 2 is 1.77 bits per heavy atom. The van der Waals surface area contributed by atoms with Gasteiger partial charge in [0.05, 0.1) is 0 Å². The molecule has 1 amide bonds. The maximum absolute atomic E-state index is 12.2. The molecule has 3 rings (SSSR count). The zero-order valence-electron chi connectivity index (χ0n) is 16.3. The first-order chi connectivity index (χ1) is 12.5. The van der Waals surface area contributed by atoms with Crippen molar-refractivity contribution in [2.75, 3.05) is 6.61 Å². The average Bonchev–Trinajstić information content (AvgIpc) is 2.66. The Morgan fingerprint density at radius 3 is 2.46 bits per heavy atom. The second-order valence-corrected chi connectivity index (χ2v) is 8.26. The molecule has 26 heavy (non-hydrogen) atoms. The first kappa shape index (κ1) is 18.8. The lowest BCUT2D eigenvalue weighted by molar-refractivity contribution is -0.124. The second-order valence-electron chi connectivity index (χ2n) is 8.26. The van der Waals surface area contributed by atoms with Gasteiger partial charge in [0.15, 0.2) is 6.61 Å². The van der Waals surface area contributed by atoms with Crippen molar-refractivity contribution < 1.29 is 9.53 Å². The quantitative estimate of drug-likeness (QED) is 0.762. The fourth-order valence-corrected chi connectivity index (χ4v) is 3.98. The van der Waals surface area contributed by atoms with E-state index < -0.39 is 0 Å². The minimum absolute atomic E-state index is 0.0173. The van der Waals surface area contributed by atoms with E-state index in [1.165, 1.54) is 24.6 Å². The molecular formula is C23H31NO2. The van der Waals surface area contributed by atoms with Gasteiger partial charge in [-0.3, -0.25) is 4.79 Å². The molecule has 0 spiro atoms. The third kappa shape index (κ3) is 4.57. The summed E-state index contributed by atoms with van der Waals surface area (Å²) < 4.78 is 5.70. The first-order valence-electron chi connectivity index (χ1n) is 9.89. The number of amides is 1. The molecule has 1 N–H and O–H groups in total. The summed E-state index contributed by atoms with van der Waals surface area (Å²) in [7, 11) is 0. The van der Waals surface area contributed by atoms with Crippen LogP contribution in [0.3, 0.4) is 0 Å². The van der Waals surface area contributed by atoms with Gasteiger partial charge in [-0.25, -0.2) is 0 Å². The molecule has 0 heterocycles. The highest BCUT2D eigenvalue weighted by Crippen LogP contribution is 2.40. The molecule has 3 heteroatoms. The molecule has 0 radical (unpaired) electrons. The summed E-state index contributed by atoms with van der Waals surface area (Å²) in [6, 6.07) is 14.4. The van der Waals surface area contributed by atoms with E-state index in [-0.39, 0.29) is 12.5 Å². The molecule has 2 aromatic rings. The Morgan fingerprint density at radius 1 is 1.08 bits per heavy atom. The van der Waals surface area contributed by atoms with Crippen LogP contribution in [-0.4, -0.2) is 18.6 Å². The topological polar surface area (TPSA) is 38.3 Å². The lowest BCUT2D eigenvalue weighted by Crippen LogP contribution is -2.41. The van der Waals surface area contributed by atoms with Gasteiger partial charge in [-0.15, -0.1) is 0 Å². The number of hydrogen-bond donors (Lipinski definition) is 1. The van der Waals surface area contributed by atoms with Crippen molar-refractivity contribution in [3.05, 3.63) is 42.5 Å². The van der Waals surface area contributed by atoms with E-state index in [2.05, 4.69) is 38.2 Å². The summed E-state index contributed by atoms with van der Waals surface area (Å²) in [6.07, 6.45) is 5.79. The van der Waals surface area contributed by atoms with E-state index in [1.54, 1.807) is 0 Å². The summed E-state index contributed by atoms with van der Waals surface area (Å²) in [5, 5.41) is 5.46. The zero-order valence-corrected chi connectivity index (χ0v) is 16.3. The largest absolute Gasteiger partial charge is 0.484 e. The highest BCUT2D eigenvalue weighted by Gasteiger charge is 2.32. The van der Waals surface area contributed by atoms with Crippen molar-refractivity contribution in [1.82, 2.24) is 5.32 Å². The number of ether oxygens (including phenoxy) is 1. The molecule has 0 unspecified atom stereocenters. The van der Waals surface area contributed by atoms with Crippen molar-refractivity contribution in [3.63, 3.8) is 0 Å². The molecule has 1 aliphatic carbocycles. The maximum Gasteiger partial charge on any atom is 0.258 e. The average molecular weight is 354 g/mol. The van der Waals surface area contributed by atoms with Crippen LogP contribution in [0, 0.1) is 11.3 Å². The molecule has 0 saturated heterocycles. The third-order valence-electron chi connectivity index (χ3n) is 6.20. The number of carbonyl (C=O) groups excluding carboxylic acids is 1. The number of benzene rings is 2. The van der Waals surface area contributed by atoms with Gasteiger partial charge < -0.3 is 10.1 Å². The van der Waals surface area contributed by atoms with Crippen LogP contribution in [-0.2, 0) is 4.79 Å². The fourth-order valence-electron chi connectivity index (χ4n) is 3.98. The second kappa shape index (κ2) is 8.11. The molecule has 1 aliphatic rings. The van der Waals surface area contributed by atoms with Crippen LogP contribution in [0.5, 0.6) is 5.75 Å². The Kier molecular flexibility index (Phi) is 5.85. The van der Waals surface area contributed by atoms with Gasteiger partial charge in [-0.05, 0) is 59.9 Å². The van der Waals surface area contributed by atoms with Crippen molar-refractivity contribution >= 4 is 16.7 Å². The van der Waals surface area contributed by atoms with Crippen LogP contribution >= 0.6 is 0 Å². The number of carbonyl (C=O) groups is 1. The SMILES string of the molecule is CCC(C)(C)C1CCC(NC(=O)COc2ccc3ccccc3c2)CC1. The normalized spacial score (nSPS) is 20.7. The molecule has 0 bridgehead atoms. The highest BCUT2D eigenvalue weighted by molar-refractivity contribution is 5.84. The predicted octanol–water partition coefficient (Wildman–Crippen LogP) is 5.33. The smallest absolute Gasteiger partial charge is 0.258 e. The summed E-state index contributed by atoms with van der Waals surface area (Å²) in [5.41, 5.74) is 0.411. The van der Waals surface area contributed by atoms with Gasteiger partial charge in [0.2, 0.25) is 0 Å². The third-order valence-corrected chi connectivity index (χ3v) is 6.20. The van der Waals surface area contributed by atoms with Gasteiger partial charge in [-0.1, -0.05) is 57.5 Å². The highest BCUT2D eigenvalue weighted by atomic mass is 16.5. The molecular weight excluding hydrogens is 322 g/mol. The Balaban J connectivity index is 1.46. The molecule has 3 nitrogen and oxygen atoms in total. The first-order valence-corrected chi connectivity index (χ1v) is 9.89. The predicted molar refractivity (Wildman–Crippen MR) is 107 cm³/mol. The molecule has 140 valence electrons. The van der Waals surface area contributed by atoms with Crippen LogP contribution in [0.2, 0.25) is 0 Å². The van der Waals surface area contributed by atoms with Crippen LogP contribution in [0.4, 0.5) is 0 Å². The van der Waals surface area contributed by atoms with Gasteiger partial charge in [0.1, 0.15) is 5.75 Å². The van der Waals surface area contributed by atoms with E-state index >= 15 is 0 Å². The van der Waals surface area contributed by atoms with E-state index in [1.807, 2.05) is 30.3 Å². The Bertz CT molecular complexity index is 745. The number of rotatable bonds is 6. The standard InChI is InChI=1S/C23H31NO2/c1-4-23(2,3)19-10-12-20(13-11-19)24-22(25)16-26-21-14-9-17-7-5-6-8-18(17)15-21/h5-9,14-15,19-20H,4,10-13,16H2,1-3H3,(H,24,25). The Hall–Kier alpha value is -2.03. The lowest BCUT2D eigenvalue weighted by atomic mass is 9.69. The van der Waals surface area contributed by atoms with Crippen LogP contribution in [0.15, 0.2) is 42.5 Å². The molecule has 2 aromatic carbocycles. The molecule has 0 aromatic heterocycles. The number of hydrogen-bond acceptors (Lipinski definition) is 2. The fraction of sp³-hybridized carbons (Fsp3) is 0.522. The Labute approximate surface area is 157 Å². The van der Waals surface area contributed by atoms with Gasteiger partial charge >= 0.3 is 0 Å². The summed E-state index contributed by atoms with van der Waals surface area (Å²) in [5.74, 6) is 1.50. The van der Waals surface area contributed by atoms with Crippen molar-refractivity contribution in [2.45, 2.75) is 58.9 Å². The van der Waals surface area contributed by atoms with Crippen LogP contribution < -0.4 is 10.1 Å². The van der Waals surface area contributed by atoms with E-state index in [0.29, 0.717) is 11.5 Å². The minimum atomic E-state index is -0.0173. The van der Waals surface area contributed by atoms with E-state index in [9.17, 15) is 4.79 Å². The number of nitrogens with one attached hydrogen (secondary N) is 1. The van der Waals surface area contributed by atoms with Gasteiger partial charge in [0.25, 0.3) is 5.91 Å². The zero-order chi connectivity index (χ0) is 18.6. The maximum atomic E-state index is 12.2. The molecule has 1 fully saturated rings. The minimum Gasteiger partial charge on any atom is -0.484 e. The van der Waals surface area contributed by atoms with Crippen LogP contribution in [0.25, 0.3) is 10.8 Å².